The summed E-state index contributed by atoms with van der Waals surface area (Å²) in [6, 6.07) is 5.00. The summed E-state index contributed by atoms with van der Waals surface area (Å²) in [6.45, 7) is 5.80. The lowest BCUT2D eigenvalue weighted by molar-refractivity contribution is -0.153. The molecule has 1 unspecified atom stereocenters. The molecule has 136 valence electrons. The van der Waals surface area contributed by atoms with Gasteiger partial charge in [-0.05, 0) is 49.7 Å². The van der Waals surface area contributed by atoms with Gasteiger partial charge in [0.15, 0.2) is 18.1 Å². The average Bonchev–Trinajstić information content (AvgIpc) is 3.00. The summed E-state index contributed by atoms with van der Waals surface area (Å²) in [6.07, 6.45) is -3.16. The highest BCUT2D eigenvalue weighted by molar-refractivity contribution is 5.43. The minimum absolute atomic E-state index is 0.105. The first kappa shape index (κ1) is 18.9. The third-order valence-electron chi connectivity index (χ3n) is 4.20. The van der Waals surface area contributed by atoms with Crippen LogP contribution in [0.2, 0.25) is 0 Å². The molecule has 7 heteroatoms. The molecule has 0 aliphatic carbocycles. The Balaban J connectivity index is 1.83. The highest BCUT2D eigenvalue weighted by Crippen LogP contribution is 2.29. The third kappa shape index (κ3) is 5.87. The number of nitrogens with one attached hydrogen (secondary N) is 1. The molecule has 1 fully saturated rings. The summed E-state index contributed by atoms with van der Waals surface area (Å²) in [7, 11) is 1.42. The van der Waals surface area contributed by atoms with Gasteiger partial charge in [0.25, 0.3) is 0 Å². The predicted octanol–water partition coefficient (Wildman–Crippen LogP) is 3.07. The van der Waals surface area contributed by atoms with Gasteiger partial charge >= 0.3 is 6.18 Å². The number of rotatable bonds is 8. The summed E-state index contributed by atoms with van der Waals surface area (Å²) in [4.78, 5) is 2.43. The van der Waals surface area contributed by atoms with Crippen LogP contribution in [0.15, 0.2) is 18.2 Å². The lowest BCUT2D eigenvalue weighted by Gasteiger charge is -2.15. The molecule has 0 spiro atoms. The molecule has 1 aliphatic rings. The first-order valence-corrected chi connectivity index (χ1v) is 8.20. The topological polar surface area (TPSA) is 33.7 Å². The number of methoxy groups -OCH3 is 1. The second-order valence-electron chi connectivity index (χ2n) is 6.07. The molecule has 0 saturated carbocycles. The molecule has 2 rings (SSSR count). The Kier molecular flexibility index (Phi) is 6.74. The van der Waals surface area contributed by atoms with Crippen LogP contribution < -0.4 is 14.8 Å². The first-order chi connectivity index (χ1) is 11.4. The largest absolute Gasteiger partial charge is 0.493 e. The zero-order chi connectivity index (χ0) is 17.6. The smallest absolute Gasteiger partial charge is 0.422 e. The van der Waals surface area contributed by atoms with Gasteiger partial charge in [-0.1, -0.05) is 13.0 Å². The van der Waals surface area contributed by atoms with E-state index in [0.717, 1.165) is 31.7 Å². The van der Waals surface area contributed by atoms with Gasteiger partial charge in [0, 0.05) is 13.1 Å². The van der Waals surface area contributed by atoms with E-state index >= 15 is 0 Å². The number of likely N-dealkylation sites (tertiary alicyclic amines) is 1. The summed E-state index contributed by atoms with van der Waals surface area (Å²) >= 11 is 0. The SMILES string of the molecule is CCN1CCC(CNCc2ccc(OCC(F)(F)F)c(OC)c2)C1. The van der Waals surface area contributed by atoms with Crippen molar-refractivity contribution in [3.05, 3.63) is 23.8 Å². The van der Waals surface area contributed by atoms with Crippen molar-refractivity contribution in [2.45, 2.75) is 26.1 Å². The Morgan fingerprint density at radius 3 is 2.71 bits per heavy atom. The summed E-state index contributed by atoms with van der Waals surface area (Å²) in [5, 5.41) is 3.41. The Labute approximate surface area is 140 Å². The number of halogens is 3. The second-order valence-corrected chi connectivity index (χ2v) is 6.07. The van der Waals surface area contributed by atoms with Crippen molar-refractivity contribution in [3.63, 3.8) is 0 Å². The van der Waals surface area contributed by atoms with Crippen LogP contribution in [0.3, 0.4) is 0 Å². The first-order valence-electron chi connectivity index (χ1n) is 8.20. The maximum absolute atomic E-state index is 12.2. The number of alkyl halides is 3. The van der Waals surface area contributed by atoms with Gasteiger partial charge in [-0.15, -0.1) is 0 Å². The minimum Gasteiger partial charge on any atom is -0.493 e. The fourth-order valence-corrected chi connectivity index (χ4v) is 2.89. The minimum atomic E-state index is -4.36. The molecule has 0 amide bonds. The molecule has 24 heavy (non-hydrogen) atoms. The molecule has 1 N–H and O–H groups in total. The molecule has 4 nitrogen and oxygen atoms in total. The molecule has 1 aliphatic heterocycles. The Hall–Kier alpha value is -1.47. The van der Waals surface area contributed by atoms with Gasteiger partial charge in [-0.3, -0.25) is 0 Å². The molecule has 1 atom stereocenters. The van der Waals surface area contributed by atoms with Crippen LogP contribution in [0, 0.1) is 5.92 Å². The van der Waals surface area contributed by atoms with Gasteiger partial charge in [0.2, 0.25) is 0 Å². The molecule has 1 aromatic carbocycles. The summed E-state index contributed by atoms with van der Waals surface area (Å²) in [5.74, 6) is 1.07. The fourth-order valence-electron chi connectivity index (χ4n) is 2.89. The quantitative estimate of drug-likeness (QED) is 0.784. The Bertz CT molecular complexity index is 523. The van der Waals surface area contributed by atoms with E-state index in [1.54, 1.807) is 12.1 Å². The number of hydrogen-bond acceptors (Lipinski definition) is 4. The lowest BCUT2D eigenvalue weighted by Crippen LogP contribution is -2.26. The van der Waals surface area contributed by atoms with Crippen LogP contribution in [-0.2, 0) is 6.54 Å². The zero-order valence-electron chi connectivity index (χ0n) is 14.2. The van der Waals surface area contributed by atoms with Crippen LogP contribution >= 0.6 is 0 Å². The highest BCUT2D eigenvalue weighted by Gasteiger charge is 2.29. The van der Waals surface area contributed by atoms with Crippen LogP contribution in [0.25, 0.3) is 0 Å². The molecule has 0 aromatic heterocycles. The number of benzene rings is 1. The normalized spacial score (nSPS) is 18.8. The molecule has 0 radical (unpaired) electrons. The molecule has 1 aromatic rings. The van der Waals surface area contributed by atoms with Crippen molar-refractivity contribution >= 4 is 0 Å². The van der Waals surface area contributed by atoms with Crippen molar-refractivity contribution in [1.29, 1.82) is 0 Å². The van der Waals surface area contributed by atoms with E-state index < -0.39 is 12.8 Å². The van der Waals surface area contributed by atoms with Gasteiger partial charge in [-0.25, -0.2) is 0 Å². The fraction of sp³-hybridized carbons (Fsp3) is 0.647. The van der Waals surface area contributed by atoms with E-state index in [1.165, 1.54) is 19.6 Å². The Morgan fingerprint density at radius 2 is 2.08 bits per heavy atom. The van der Waals surface area contributed by atoms with Crippen LogP contribution in [0.5, 0.6) is 11.5 Å². The van der Waals surface area contributed by atoms with Crippen molar-refractivity contribution in [2.24, 2.45) is 5.92 Å². The van der Waals surface area contributed by atoms with Crippen molar-refractivity contribution < 1.29 is 22.6 Å². The van der Waals surface area contributed by atoms with E-state index in [2.05, 4.69) is 17.1 Å². The van der Waals surface area contributed by atoms with E-state index in [0.29, 0.717) is 18.2 Å². The summed E-state index contributed by atoms with van der Waals surface area (Å²) in [5.41, 5.74) is 0.955. The average molecular weight is 346 g/mol. The molecular weight excluding hydrogens is 321 g/mol. The number of hydrogen-bond donors (Lipinski definition) is 1. The summed E-state index contributed by atoms with van der Waals surface area (Å²) < 4.78 is 46.6. The highest BCUT2D eigenvalue weighted by atomic mass is 19.4. The monoisotopic (exact) mass is 346 g/mol. The lowest BCUT2D eigenvalue weighted by atomic mass is 10.1. The van der Waals surface area contributed by atoms with Crippen molar-refractivity contribution in [2.75, 3.05) is 39.9 Å². The zero-order valence-corrected chi connectivity index (χ0v) is 14.2. The van der Waals surface area contributed by atoms with Gasteiger partial charge in [0.05, 0.1) is 7.11 Å². The number of ether oxygens (including phenoxy) is 2. The maximum Gasteiger partial charge on any atom is 0.422 e. The second kappa shape index (κ2) is 8.58. The molecule has 0 bridgehead atoms. The van der Waals surface area contributed by atoms with E-state index in [4.69, 9.17) is 9.47 Å². The van der Waals surface area contributed by atoms with Crippen molar-refractivity contribution in [3.8, 4) is 11.5 Å². The van der Waals surface area contributed by atoms with Gasteiger partial charge in [-0.2, -0.15) is 13.2 Å². The predicted molar refractivity (Wildman–Crippen MR) is 86.5 cm³/mol. The van der Waals surface area contributed by atoms with Gasteiger partial charge in [0.1, 0.15) is 0 Å². The van der Waals surface area contributed by atoms with E-state index in [-0.39, 0.29) is 5.75 Å². The Morgan fingerprint density at radius 1 is 1.29 bits per heavy atom. The third-order valence-corrected chi connectivity index (χ3v) is 4.20. The van der Waals surface area contributed by atoms with Crippen LogP contribution in [0.4, 0.5) is 13.2 Å². The molecular formula is C17H25F3N2O2. The van der Waals surface area contributed by atoms with E-state index in [1.807, 2.05) is 0 Å². The van der Waals surface area contributed by atoms with E-state index in [9.17, 15) is 13.2 Å². The maximum atomic E-state index is 12.2. The van der Waals surface area contributed by atoms with Crippen molar-refractivity contribution in [1.82, 2.24) is 10.2 Å². The standard InChI is InChI=1S/C17H25F3N2O2/c1-3-22-7-6-14(11-22)10-21-9-13-4-5-15(16(8-13)23-2)24-12-17(18,19)20/h4-5,8,14,21H,3,6-7,9-12H2,1-2H3. The van der Waals surface area contributed by atoms with Crippen LogP contribution in [0.1, 0.15) is 18.9 Å². The molecule has 1 saturated heterocycles. The van der Waals surface area contributed by atoms with Crippen LogP contribution in [-0.4, -0.2) is 51.0 Å². The number of nitrogens with zero attached hydrogens (tertiary/aromatic N) is 1. The molecule has 1 heterocycles. The van der Waals surface area contributed by atoms with Gasteiger partial charge < -0.3 is 19.7 Å².